The van der Waals surface area contributed by atoms with Crippen molar-refractivity contribution in [3.05, 3.63) is 53.7 Å². The topological polar surface area (TPSA) is 41.7 Å². The van der Waals surface area contributed by atoms with Crippen LogP contribution in [0, 0.1) is 6.92 Å². The van der Waals surface area contributed by atoms with Crippen molar-refractivity contribution >= 4 is 0 Å². The highest BCUT2D eigenvalue weighted by Crippen LogP contribution is 2.25. The molecule has 24 heavy (non-hydrogen) atoms. The van der Waals surface area contributed by atoms with Gasteiger partial charge in [0.2, 0.25) is 0 Å². The number of fused-ring (bicyclic) bond motifs is 1. The van der Waals surface area contributed by atoms with Crippen LogP contribution in [0.15, 0.2) is 41.0 Å². The molecule has 2 atom stereocenters. The van der Waals surface area contributed by atoms with Crippen LogP contribution in [0.2, 0.25) is 0 Å². The summed E-state index contributed by atoms with van der Waals surface area (Å²) in [6.45, 7) is 7.91. The molecule has 0 radical (unpaired) electrons. The molecule has 5 heteroatoms. The summed E-state index contributed by atoms with van der Waals surface area (Å²) in [6, 6.07) is 10.7. The van der Waals surface area contributed by atoms with E-state index >= 15 is 0 Å². The van der Waals surface area contributed by atoms with Gasteiger partial charge in [-0.15, -0.1) is 0 Å². The Morgan fingerprint density at radius 3 is 3.00 bits per heavy atom. The van der Waals surface area contributed by atoms with Gasteiger partial charge in [0.05, 0.1) is 31.2 Å². The van der Waals surface area contributed by atoms with E-state index in [1.807, 2.05) is 31.2 Å². The monoisotopic (exact) mass is 327 g/mol. The normalized spacial score (nSPS) is 25.0. The van der Waals surface area contributed by atoms with Crippen LogP contribution in [0.4, 0.5) is 0 Å². The number of aryl methyl sites for hydroxylation is 1. The molecule has 0 amide bonds. The van der Waals surface area contributed by atoms with E-state index in [0.717, 1.165) is 56.3 Å². The van der Waals surface area contributed by atoms with Crippen LogP contribution in [-0.2, 0) is 17.9 Å². The van der Waals surface area contributed by atoms with Gasteiger partial charge in [0.25, 0.3) is 0 Å². The Morgan fingerprint density at radius 1 is 1.21 bits per heavy atom. The summed E-state index contributed by atoms with van der Waals surface area (Å²) >= 11 is 0. The van der Waals surface area contributed by atoms with Crippen molar-refractivity contribution in [1.29, 1.82) is 0 Å². The lowest BCUT2D eigenvalue weighted by molar-refractivity contribution is 0.0438. The minimum atomic E-state index is 0.320. The van der Waals surface area contributed by atoms with Crippen LogP contribution >= 0.6 is 0 Å². The first kappa shape index (κ1) is 15.8. The molecule has 0 aromatic carbocycles. The molecule has 128 valence electrons. The minimum absolute atomic E-state index is 0.320. The molecule has 2 aliphatic rings. The Labute approximate surface area is 143 Å². The summed E-state index contributed by atoms with van der Waals surface area (Å²) in [5, 5.41) is 0. The summed E-state index contributed by atoms with van der Waals surface area (Å²) in [4.78, 5) is 9.59. The van der Waals surface area contributed by atoms with Crippen LogP contribution in [0.1, 0.15) is 23.6 Å². The van der Waals surface area contributed by atoms with Gasteiger partial charge >= 0.3 is 0 Å². The molecule has 2 fully saturated rings. The van der Waals surface area contributed by atoms with Gasteiger partial charge in [0.15, 0.2) is 0 Å². The van der Waals surface area contributed by atoms with Gasteiger partial charge in [-0.05, 0) is 37.6 Å². The number of furan rings is 1. The van der Waals surface area contributed by atoms with E-state index in [2.05, 4.69) is 20.9 Å². The van der Waals surface area contributed by atoms with E-state index in [-0.39, 0.29) is 0 Å². The van der Waals surface area contributed by atoms with E-state index in [9.17, 15) is 0 Å². The Hall–Kier alpha value is -1.69. The van der Waals surface area contributed by atoms with Gasteiger partial charge in [-0.2, -0.15) is 0 Å². The second-order valence-electron chi connectivity index (χ2n) is 6.90. The molecule has 0 saturated carbocycles. The van der Waals surface area contributed by atoms with Gasteiger partial charge in [0.1, 0.15) is 5.76 Å². The number of aromatic nitrogens is 1. The molecule has 4 rings (SSSR count). The molecular weight excluding hydrogens is 302 g/mol. The second kappa shape index (κ2) is 7.05. The van der Waals surface area contributed by atoms with Crippen LogP contribution in [0.3, 0.4) is 0 Å². The number of ether oxygens (including phenoxy) is 1. The third-order valence-electron chi connectivity index (χ3n) is 5.03. The maximum Gasteiger partial charge on any atom is 0.117 e. The van der Waals surface area contributed by atoms with Crippen molar-refractivity contribution in [2.45, 2.75) is 38.6 Å². The molecule has 2 aromatic heterocycles. The lowest BCUT2D eigenvalue weighted by Gasteiger charge is -2.36. The highest BCUT2D eigenvalue weighted by Gasteiger charge is 2.36. The van der Waals surface area contributed by atoms with Crippen molar-refractivity contribution in [3.63, 3.8) is 0 Å². The molecule has 4 heterocycles. The molecule has 0 N–H and O–H groups in total. The zero-order valence-corrected chi connectivity index (χ0v) is 14.2. The molecule has 2 unspecified atom stereocenters. The smallest absolute Gasteiger partial charge is 0.117 e. The SMILES string of the molecule is Cc1cccc(COC2CC3CN(Cc4ccco4)CCN3C2)n1. The van der Waals surface area contributed by atoms with Crippen LogP contribution < -0.4 is 0 Å². The van der Waals surface area contributed by atoms with E-state index in [1.54, 1.807) is 6.26 Å². The van der Waals surface area contributed by atoms with Crippen molar-refractivity contribution in [3.8, 4) is 0 Å². The lowest BCUT2D eigenvalue weighted by atomic mass is 10.1. The molecule has 2 aliphatic heterocycles. The molecular formula is C19H25N3O2. The number of pyridine rings is 1. The first-order valence-corrected chi connectivity index (χ1v) is 8.79. The fourth-order valence-electron chi connectivity index (χ4n) is 3.83. The first-order chi connectivity index (χ1) is 11.8. The molecule has 2 aromatic rings. The van der Waals surface area contributed by atoms with E-state index < -0.39 is 0 Å². The molecule has 5 nitrogen and oxygen atoms in total. The highest BCUT2D eigenvalue weighted by molar-refractivity contribution is 5.09. The van der Waals surface area contributed by atoms with Gasteiger partial charge in [-0.3, -0.25) is 14.8 Å². The van der Waals surface area contributed by atoms with E-state index in [1.165, 1.54) is 0 Å². The Kier molecular flexibility index (Phi) is 4.65. The lowest BCUT2D eigenvalue weighted by Crippen LogP contribution is -2.49. The number of rotatable bonds is 5. The largest absolute Gasteiger partial charge is 0.468 e. The fraction of sp³-hybridized carbons (Fsp3) is 0.526. The van der Waals surface area contributed by atoms with Crippen LogP contribution in [0.5, 0.6) is 0 Å². The Bertz CT molecular complexity index is 658. The van der Waals surface area contributed by atoms with E-state index in [4.69, 9.17) is 9.15 Å². The van der Waals surface area contributed by atoms with Crippen molar-refractivity contribution in [2.75, 3.05) is 26.2 Å². The Morgan fingerprint density at radius 2 is 2.17 bits per heavy atom. The number of nitrogens with zero attached hydrogens (tertiary/aromatic N) is 3. The average molecular weight is 327 g/mol. The quantitative estimate of drug-likeness (QED) is 0.844. The summed E-state index contributed by atoms with van der Waals surface area (Å²) in [7, 11) is 0. The predicted octanol–water partition coefficient (Wildman–Crippen LogP) is 2.46. The maximum absolute atomic E-state index is 6.14. The second-order valence-corrected chi connectivity index (χ2v) is 6.90. The van der Waals surface area contributed by atoms with Gasteiger partial charge in [-0.25, -0.2) is 0 Å². The summed E-state index contributed by atoms with van der Waals surface area (Å²) in [5.74, 6) is 1.06. The fourth-order valence-corrected chi connectivity index (χ4v) is 3.83. The van der Waals surface area contributed by atoms with E-state index in [0.29, 0.717) is 18.8 Å². The van der Waals surface area contributed by atoms with Gasteiger partial charge in [-0.1, -0.05) is 6.07 Å². The van der Waals surface area contributed by atoms with Crippen molar-refractivity contribution < 1.29 is 9.15 Å². The molecule has 0 bridgehead atoms. The molecule has 0 aliphatic carbocycles. The number of hydrogen-bond donors (Lipinski definition) is 0. The Balaban J connectivity index is 1.28. The van der Waals surface area contributed by atoms with Crippen molar-refractivity contribution in [2.24, 2.45) is 0 Å². The summed E-state index contributed by atoms with van der Waals surface area (Å²) in [5.41, 5.74) is 2.08. The van der Waals surface area contributed by atoms with Crippen LogP contribution in [0.25, 0.3) is 0 Å². The van der Waals surface area contributed by atoms with Gasteiger partial charge in [0, 0.05) is 37.9 Å². The third kappa shape index (κ3) is 3.69. The summed E-state index contributed by atoms with van der Waals surface area (Å²) in [6.07, 6.45) is 3.19. The number of hydrogen-bond acceptors (Lipinski definition) is 5. The first-order valence-electron chi connectivity index (χ1n) is 8.79. The predicted molar refractivity (Wildman–Crippen MR) is 91.5 cm³/mol. The number of piperazine rings is 1. The van der Waals surface area contributed by atoms with Crippen LogP contribution in [-0.4, -0.2) is 53.1 Å². The minimum Gasteiger partial charge on any atom is -0.468 e. The maximum atomic E-state index is 6.14. The zero-order chi connectivity index (χ0) is 16.4. The van der Waals surface area contributed by atoms with Gasteiger partial charge < -0.3 is 9.15 Å². The third-order valence-corrected chi connectivity index (χ3v) is 5.03. The summed E-state index contributed by atoms with van der Waals surface area (Å²) < 4.78 is 11.6. The average Bonchev–Trinajstić information content (AvgIpc) is 3.22. The standard InChI is InChI=1S/C19H25N3O2/c1-15-4-2-5-16(20-15)14-24-19-10-17-11-21(7-8-22(17)13-19)12-18-6-3-9-23-18/h2-6,9,17,19H,7-8,10-14H2,1H3. The molecule has 0 spiro atoms. The zero-order valence-electron chi connectivity index (χ0n) is 14.2. The van der Waals surface area contributed by atoms with Crippen molar-refractivity contribution in [1.82, 2.24) is 14.8 Å². The molecule has 2 saturated heterocycles. The highest BCUT2D eigenvalue weighted by atomic mass is 16.5.